The van der Waals surface area contributed by atoms with E-state index in [9.17, 15) is 14.4 Å². The second-order valence-corrected chi connectivity index (χ2v) is 11.3. The lowest BCUT2D eigenvalue weighted by atomic mass is 9.94. The van der Waals surface area contributed by atoms with Gasteiger partial charge in [0.05, 0.1) is 28.6 Å². The Kier molecular flexibility index (Phi) is 7.19. The van der Waals surface area contributed by atoms with Gasteiger partial charge in [-0.05, 0) is 63.6 Å². The lowest BCUT2D eigenvalue weighted by Gasteiger charge is -2.29. The number of fused-ring (bicyclic) bond motifs is 2. The average Bonchev–Trinajstić information content (AvgIpc) is 3.35. The molecule has 2 amide bonds. The number of benzene rings is 2. The summed E-state index contributed by atoms with van der Waals surface area (Å²) in [6.07, 6.45) is 0. The number of hydrogen-bond acceptors (Lipinski definition) is 5. The lowest BCUT2D eigenvalue weighted by Crippen LogP contribution is -2.43. The fourth-order valence-corrected chi connectivity index (χ4v) is 6.75. The molecular formula is C28H26BrClN4O3S. The normalized spacial score (nSPS) is 17.9. The first-order valence-electron chi connectivity index (χ1n) is 12.4. The van der Waals surface area contributed by atoms with E-state index in [4.69, 9.17) is 16.6 Å². The van der Waals surface area contributed by atoms with Crippen molar-refractivity contribution >= 4 is 61.9 Å². The predicted molar refractivity (Wildman–Crippen MR) is 154 cm³/mol. The van der Waals surface area contributed by atoms with Gasteiger partial charge < -0.3 is 9.80 Å². The summed E-state index contributed by atoms with van der Waals surface area (Å²) in [5.74, 6) is -0.387. The molecule has 0 saturated carbocycles. The highest BCUT2D eigenvalue weighted by Gasteiger charge is 2.37. The third-order valence-electron chi connectivity index (χ3n) is 6.99. The minimum absolute atomic E-state index is 0.169. The van der Waals surface area contributed by atoms with Crippen LogP contribution < -0.4 is 19.8 Å². The molecule has 0 bridgehead atoms. The van der Waals surface area contributed by atoms with Crippen LogP contribution in [0.25, 0.3) is 5.57 Å². The molecule has 0 spiro atoms. The molecule has 3 heterocycles. The largest absolute Gasteiger partial charge is 0.339 e. The van der Waals surface area contributed by atoms with Crippen LogP contribution in [0.4, 0.5) is 5.69 Å². The molecule has 5 rings (SSSR count). The molecule has 0 unspecified atom stereocenters. The summed E-state index contributed by atoms with van der Waals surface area (Å²) in [4.78, 5) is 50.1. The van der Waals surface area contributed by atoms with Crippen LogP contribution in [0.1, 0.15) is 44.9 Å². The number of anilines is 1. The van der Waals surface area contributed by atoms with Gasteiger partial charge in [0.1, 0.15) is 4.53 Å². The summed E-state index contributed by atoms with van der Waals surface area (Å²) in [7, 11) is 0. The maximum Gasteiger partial charge on any atom is 0.271 e. The molecule has 1 aromatic heterocycles. The molecule has 0 aliphatic carbocycles. The van der Waals surface area contributed by atoms with Crippen molar-refractivity contribution in [1.29, 1.82) is 0 Å². The minimum Gasteiger partial charge on any atom is -0.339 e. The van der Waals surface area contributed by atoms with Crippen LogP contribution in [0.5, 0.6) is 0 Å². The quantitative estimate of drug-likeness (QED) is 0.432. The maximum absolute atomic E-state index is 14.2. The molecule has 7 nitrogen and oxygen atoms in total. The smallest absolute Gasteiger partial charge is 0.271 e. The first-order chi connectivity index (χ1) is 18.2. The molecule has 0 fully saturated rings. The van der Waals surface area contributed by atoms with Crippen molar-refractivity contribution in [3.63, 3.8) is 0 Å². The highest BCUT2D eigenvalue weighted by Crippen LogP contribution is 2.37. The van der Waals surface area contributed by atoms with E-state index in [1.54, 1.807) is 33.4 Å². The predicted octanol–water partition coefficient (Wildman–Crippen LogP) is 4.26. The molecule has 1 atom stereocenters. The Hall–Kier alpha value is -3.01. The monoisotopic (exact) mass is 612 g/mol. The second-order valence-electron chi connectivity index (χ2n) is 9.02. The van der Waals surface area contributed by atoms with Crippen molar-refractivity contribution in [3.8, 4) is 0 Å². The number of amides is 2. The van der Waals surface area contributed by atoms with Gasteiger partial charge in [-0.15, -0.1) is 0 Å². The van der Waals surface area contributed by atoms with E-state index in [1.807, 2.05) is 51.1 Å². The van der Waals surface area contributed by atoms with Crippen molar-refractivity contribution in [2.75, 3.05) is 24.5 Å². The molecule has 0 saturated heterocycles. The zero-order chi connectivity index (χ0) is 27.3. The number of allylic oxidation sites excluding steroid dienone is 1. The zero-order valence-electron chi connectivity index (χ0n) is 21.4. The second kappa shape index (κ2) is 10.3. The Balaban J connectivity index is 1.83. The van der Waals surface area contributed by atoms with Gasteiger partial charge in [0.15, 0.2) is 4.80 Å². The van der Waals surface area contributed by atoms with Crippen LogP contribution in [-0.4, -0.2) is 40.9 Å². The Labute approximate surface area is 237 Å². The summed E-state index contributed by atoms with van der Waals surface area (Å²) >= 11 is 10.9. The van der Waals surface area contributed by atoms with Gasteiger partial charge in [-0.2, -0.15) is 0 Å². The molecule has 0 N–H and O–H groups in total. The number of hydrogen-bond donors (Lipinski definition) is 0. The fourth-order valence-electron chi connectivity index (χ4n) is 5.12. The first kappa shape index (κ1) is 26.6. The molecule has 10 heteroatoms. The summed E-state index contributed by atoms with van der Waals surface area (Å²) in [5.41, 5.74) is 3.22. The molecule has 2 aromatic carbocycles. The standard InChI is InChI=1S/C28H26BrClN4O3S/c1-5-32(6-2)25(35)21-15(4)31-28-34(23(21)16-8-11-18(30)12-9-16)27(37)24(38-28)22-19-14-17(29)10-13-20(19)33(7-3)26(22)36/h8-14,23H,5-7H2,1-4H3/b24-22-/t23-/m1/s1. The molecule has 196 valence electrons. The van der Waals surface area contributed by atoms with Crippen LogP contribution in [0.2, 0.25) is 5.02 Å². The van der Waals surface area contributed by atoms with E-state index in [1.165, 1.54) is 11.3 Å². The number of likely N-dealkylation sites (N-methyl/N-ethyl adjacent to an activating group) is 2. The van der Waals surface area contributed by atoms with E-state index in [0.717, 1.165) is 15.7 Å². The Morgan fingerprint density at radius 2 is 1.79 bits per heavy atom. The van der Waals surface area contributed by atoms with E-state index >= 15 is 0 Å². The Bertz CT molecular complexity index is 1690. The van der Waals surface area contributed by atoms with Crippen LogP contribution in [-0.2, 0) is 9.59 Å². The molecule has 0 radical (unpaired) electrons. The number of carbonyl (C=O) groups is 2. The van der Waals surface area contributed by atoms with Crippen LogP contribution in [0.15, 0.2) is 68.0 Å². The molecule has 2 aliphatic heterocycles. The van der Waals surface area contributed by atoms with Gasteiger partial charge in [-0.25, -0.2) is 4.99 Å². The van der Waals surface area contributed by atoms with E-state index in [2.05, 4.69) is 15.9 Å². The van der Waals surface area contributed by atoms with E-state index in [0.29, 0.717) is 56.4 Å². The van der Waals surface area contributed by atoms with Crippen LogP contribution in [0.3, 0.4) is 0 Å². The van der Waals surface area contributed by atoms with Gasteiger partial charge in [-0.3, -0.25) is 19.0 Å². The highest BCUT2D eigenvalue weighted by atomic mass is 79.9. The summed E-state index contributed by atoms with van der Waals surface area (Å²) in [6.45, 7) is 9.08. The topological polar surface area (TPSA) is 75.0 Å². The third-order valence-corrected chi connectivity index (χ3v) is 8.78. The fraction of sp³-hybridized carbons (Fsp3) is 0.286. The zero-order valence-corrected chi connectivity index (χ0v) is 24.6. The van der Waals surface area contributed by atoms with E-state index in [-0.39, 0.29) is 17.4 Å². The number of halogens is 2. The van der Waals surface area contributed by atoms with Crippen molar-refractivity contribution in [2.24, 2.45) is 4.99 Å². The molecule has 2 aliphatic rings. The number of rotatable bonds is 5. The molecular weight excluding hydrogens is 588 g/mol. The number of thiazole rings is 1. The lowest BCUT2D eigenvalue weighted by molar-refractivity contribution is -0.127. The van der Waals surface area contributed by atoms with Crippen molar-refractivity contribution in [1.82, 2.24) is 9.47 Å². The Morgan fingerprint density at radius 3 is 2.42 bits per heavy atom. The van der Waals surface area contributed by atoms with Gasteiger partial charge >= 0.3 is 0 Å². The van der Waals surface area contributed by atoms with Crippen molar-refractivity contribution < 1.29 is 9.59 Å². The number of nitrogens with zero attached hydrogens (tertiary/aromatic N) is 4. The number of carbonyl (C=O) groups excluding carboxylic acids is 2. The molecule has 38 heavy (non-hydrogen) atoms. The van der Waals surface area contributed by atoms with Crippen molar-refractivity contribution in [3.05, 3.63) is 94.0 Å². The SMILES string of the molecule is CCN(CC)C(=O)C1=C(C)N=c2s/c(=C3\C(=O)N(CC)c4ccc(Br)cc43)c(=O)n2[C@@H]1c1ccc(Cl)cc1. The first-order valence-corrected chi connectivity index (χ1v) is 14.4. The number of aromatic nitrogens is 1. The van der Waals surface area contributed by atoms with Crippen molar-refractivity contribution in [2.45, 2.75) is 33.7 Å². The van der Waals surface area contributed by atoms with Gasteiger partial charge in [-0.1, -0.05) is 51.0 Å². The summed E-state index contributed by atoms with van der Waals surface area (Å²) in [5, 5.41) is 0.555. The van der Waals surface area contributed by atoms with E-state index < -0.39 is 6.04 Å². The van der Waals surface area contributed by atoms with Gasteiger partial charge in [0.25, 0.3) is 17.4 Å². The minimum atomic E-state index is -0.702. The Morgan fingerprint density at radius 1 is 1.11 bits per heavy atom. The maximum atomic E-state index is 14.2. The van der Waals surface area contributed by atoms with Gasteiger partial charge in [0.2, 0.25) is 0 Å². The molecule has 3 aromatic rings. The average molecular weight is 614 g/mol. The van der Waals surface area contributed by atoms with Crippen LogP contribution >= 0.6 is 38.9 Å². The highest BCUT2D eigenvalue weighted by molar-refractivity contribution is 9.10. The summed E-state index contributed by atoms with van der Waals surface area (Å²) < 4.78 is 2.68. The van der Waals surface area contributed by atoms with Gasteiger partial charge in [0, 0.05) is 34.7 Å². The van der Waals surface area contributed by atoms with Crippen LogP contribution in [0, 0.1) is 0 Å². The summed E-state index contributed by atoms with van der Waals surface area (Å²) in [6, 6.07) is 12.1. The third kappa shape index (κ3) is 4.17.